The molecule has 0 bridgehead atoms. The maximum atomic E-state index is 12.4. The van der Waals surface area contributed by atoms with E-state index in [-0.39, 0.29) is 23.9 Å². The normalized spacial score (nSPS) is 16.9. The number of nitrogens with one attached hydrogen (secondary N) is 1. The number of fused-ring (bicyclic) bond motifs is 1. The Morgan fingerprint density at radius 2 is 2.15 bits per heavy atom. The van der Waals surface area contributed by atoms with Crippen LogP contribution in [0.1, 0.15) is 36.0 Å². The van der Waals surface area contributed by atoms with Crippen molar-refractivity contribution in [3.63, 3.8) is 0 Å². The number of halogens is 1. The molecule has 0 radical (unpaired) electrons. The zero-order chi connectivity index (χ0) is 13.3. The zero-order valence-corrected chi connectivity index (χ0v) is 11.9. The maximum absolute atomic E-state index is 12.4. The second-order valence-electron chi connectivity index (χ2n) is 5.11. The highest BCUT2D eigenvalue weighted by atomic mass is 35.5. The van der Waals surface area contributed by atoms with Crippen molar-refractivity contribution >= 4 is 23.8 Å². The van der Waals surface area contributed by atoms with E-state index < -0.39 is 0 Å². The van der Waals surface area contributed by atoms with E-state index in [1.54, 1.807) is 29.3 Å². The first kappa shape index (κ1) is 14.7. The summed E-state index contributed by atoms with van der Waals surface area (Å²) in [5.74, 6) is -0.115. The SMILES string of the molecule is Cl.NCC1(NC(=O)c2cnn3ccncc23)CCCC1. The molecule has 0 aromatic carbocycles. The van der Waals surface area contributed by atoms with Gasteiger partial charge in [0, 0.05) is 18.9 Å². The molecule has 2 heterocycles. The fourth-order valence-corrected chi connectivity index (χ4v) is 2.75. The Balaban J connectivity index is 0.00000147. The molecule has 0 atom stereocenters. The Kier molecular flexibility index (Phi) is 4.25. The van der Waals surface area contributed by atoms with Gasteiger partial charge in [-0.25, -0.2) is 4.52 Å². The van der Waals surface area contributed by atoms with Crippen LogP contribution in [-0.4, -0.2) is 32.6 Å². The molecule has 3 rings (SSSR count). The predicted molar refractivity (Wildman–Crippen MR) is 78.0 cm³/mol. The van der Waals surface area contributed by atoms with Crippen LogP contribution in [0, 0.1) is 0 Å². The fraction of sp³-hybridized carbons (Fsp3) is 0.462. The highest BCUT2D eigenvalue weighted by Crippen LogP contribution is 2.29. The molecule has 0 unspecified atom stereocenters. The summed E-state index contributed by atoms with van der Waals surface area (Å²) in [5, 5.41) is 7.24. The Labute approximate surface area is 123 Å². The first-order valence-electron chi connectivity index (χ1n) is 6.54. The summed E-state index contributed by atoms with van der Waals surface area (Å²) in [5.41, 5.74) is 6.85. The molecule has 2 aromatic heterocycles. The second-order valence-corrected chi connectivity index (χ2v) is 5.11. The summed E-state index contributed by atoms with van der Waals surface area (Å²) in [4.78, 5) is 16.4. The summed E-state index contributed by atoms with van der Waals surface area (Å²) >= 11 is 0. The quantitative estimate of drug-likeness (QED) is 0.889. The van der Waals surface area contributed by atoms with Gasteiger partial charge in [-0.1, -0.05) is 12.8 Å². The smallest absolute Gasteiger partial charge is 0.255 e. The molecule has 1 aliphatic rings. The van der Waals surface area contributed by atoms with Crippen molar-refractivity contribution in [2.45, 2.75) is 31.2 Å². The number of aromatic nitrogens is 3. The van der Waals surface area contributed by atoms with Crippen LogP contribution in [0.15, 0.2) is 24.8 Å². The Bertz CT molecular complexity index is 606. The molecule has 2 aromatic rings. The molecule has 1 aliphatic carbocycles. The van der Waals surface area contributed by atoms with E-state index in [2.05, 4.69) is 15.4 Å². The van der Waals surface area contributed by atoms with E-state index in [9.17, 15) is 4.79 Å². The minimum atomic E-state index is -0.243. The summed E-state index contributed by atoms with van der Waals surface area (Å²) in [6.07, 6.45) is 10.7. The first-order chi connectivity index (χ1) is 9.24. The second kappa shape index (κ2) is 5.76. The number of carbonyl (C=O) groups is 1. The molecule has 7 heteroatoms. The van der Waals surface area contributed by atoms with Crippen molar-refractivity contribution in [1.29, 1.82) is 0 Å². The van der Waals surface area contributed by atoms with Crippen molar-refractivity contribution < 1.29 is 4.79 Å². The lowest BCUT2D eigenvalue weighted by Gasteiger charge is -2.28. The van der Waals surface area contributed by atoms with Gasteiger partial charge in [0.2, 0.25) is 0 Å². The molecule has 6 nitrogen and oxygen atoms in total. The van der Waals surface area contributed by atoms with Crippen molar-refractivity contribution in [3.8, 4) is 0 Å². The van der Waals surface area contributed by atoms with Crippen LogP contribution < -0.4 is 11.1 Å². The minimum absolute atomic E-state index is 0. The van der Waals surface area contributed by atoms with Crippen LogP contribution in [0.2, 0.25) is 0 Å². The predicted octanol–water partition coefficient (Wildman–Crippen LogP) is 1.15. The van der Waals surface area contributed by atoms with E-state index in [0.717, 1.165) is 25.7 Å². The van der Waals surface area contributed by atoms with Gasteiger partial charge in [-0.15, -0.1) is 12.4 Å². The van der Waals surface area contributed by atoms with E-state index in [4.69, 9.17) is 5.73 Å². The Morgan fingerprint density at radius 1 is 1.40 bits per heavy atom. The molecule has 1 fully saturated rings. The molecule has 1 amide bonds. The van der Waals surface area contributed by atoms with Gasteiger partial charge in [-0.3, -0.25) is 9.78 Å². The molecule has 0 aliphatic heterocycles. The zero-order valence-electron chi connectivity index (χ0n) is 11.1. The standard InChI is InChI=1S/C13H17N5O.ClH/c14-9-13(3-1-2-4-13)17-12(19)10-7-16-18-6-5-15-8-11(10)18;/h5-8H,1-4,9,14H2,(H,17,19);1H. The van der Waals surface area contributed by atoms with Gasteiger partial charge in [0.1, 0.15) is 0 Å². The van der Waals surface area contributed by atoms with E-state index >= 15 is 0 Å². The summed E-state index contributed by atoms with van der Waals surface area (Å²) < 4.78 is 1.64. The Hall–Kier alpha value is -1.66. The van der Waals surface area contributed by atoms with Crippen molar-refractivity contribution in [3.05, 3.63) is 30.4 Å². The first-order valence-corrected chi connectivity index (χ1v) is 6.54. The lowest BCUT2D eigenvalue weighted by molar-refractivity contribution is 0.0905. The van der Waals surface area contributed by atoms with Gasteiger partial charge >= 0.3 is 0 Å². The highest BCUT2D eigenvalue weighted by Gasteiger charge is 2.34. The third-order valence-electron chi connectivity index (χ3n) is 3.90. The van der Waals surface area contributed by atoms with E-state index in [0.29, 0.717) is 17.6 Å². The number of nitrogens with two attached hydrogens (primary N) is 1. The fourth-order valence-electron chi connectivity index (χ4n) is 2.75. The van der Waals surface area contributed by atoms with E-state index in [1.807, 2.05) is 0 Å². The topological polar surface area (TPSA) is 85.3 Å². The molecule has 1 saturated carbocycles. The van der Waals surface area contributed by atoms with E-state index in [1.165, 1.54) is 0 Å². The monoisotopic (exact) mass is 295 g/mol. The number of rotatable bonds is 3. The van der Waals surface area contributed by atoms with Crippen molar-refractivity contribution in [2.75, 3.05) is 6.54 Å². The number of hydrogen-bond donors (Lipinski definition) is 2. The molecule has 108 valence electrons. The van der Waals surface area contributed by atoms with Gasteiger partial charge in [-0.2, -0.15) is 5.10 Å². The van der Waals surface area contributed by atoms with Crippen LogP contribution in [0.5, 0.6) is 0 Å². The van der Waals surface area contributed by atoms with Crippen molar-refractivity contribution in [2.24, 2.45) is 5.73 Å². The highest BCUT2D eigenvalue weighted by molar-refractivity contribution is 6.00. The molecular formula is C13H18ClN5O. The lowest BCUT2D eigenvalue weighted by Crippen LogP contribution is -2.51. The summed E-state index contributed by atoms with van der Waals surface area (Å²) in [6.45, 7) is 0.482. The Morgan fingerprint density at radius 3 is 2.85 bits per heavy atom. The number of hydrogen-bond acceptors (Lipinski definition) is 4. The van der Waals surface area contributed by atoms with Crippen LogP contribution in [0.25, 0.3) is 5.52 Å². The van der Waals surface area contributed by atoms with Crippen LogP contribution in [0.3, 0.4) is 0 Å². The van der Waals surface area contributed by atoms with Gasteiger partial charge in [0.25, 0.3) is 5.91 Å². The third-order valence-corrected chi connectivity index (χ3v) is 3.90. The van der Waals surface area contributed by atoms with Crippen LogP contribution >= 0.6 is 12.4 Å². The molecule has 0 spiro atoms. The molecule has 3 N–H and O–H groups in total. The maximum Gasteiger partial charge on any atom is 0.255 e. The largest absolute Gasteiger partial charge is 0.345 e. The summed E-state index contributed by atoms with van der Waals surface area (Å²) in [6, 6.07) is 0. The van der Waals surface area contributed by atoms with Crippen LogP contribution in [0.4, 0.5) is 0 Å². The van der Waals surface area contributed by atoms with Gasteiger partial charge < -0.3 is 11.1 Å². The van der Waals surface area contributed by atoms with Gasteiger partial charge in [0.05, 0.1) is 29.0 Å². The van der Waals surface area contributed by atoms with Gasteiger partial charge in [0.15, 0.2) is 0 Å². The van der Waals surface area contributed by atoms with Crippen molar-refractivity contribution in [1.82, 2.24) is 19.9 Å². The lowest BCUT2D eigenvalue weighted by atomic mass is 9.97. The molecule has 20 heavy (non-hydrogen) atoms. The summed E-state index contributed by atoms with van der Waals surface area (Å²) in [7, 11) is 0. The third kappa shape index (κ3) is 2.48. The minimum Gasteiger partial charge on any atom is -0.345 e. The average Bonchev–Trinajstić information content (AvgIpc) is 3.05. The number of nitrogens with zero attached hydrogens (tertiary/aromatic N) is 3. The van der Waals surface area contributed by atoms with Gasteiger partial charge in [-0.05, 0) is 12.8 Å². The molecular weight excluding hydrogens is 278 g/mol. The average molecular weight is 296 g/mol. The number of carbonyl (C=O) groups excluding carboxylic acids is 1. The molecule has 0 saturated heterocycles. The number of amides is 1. The van der Waals surface area contributed by atoms with Crippen LogP contribution in [-0.2, 0) is 0 Å².